The van der Waals surface area contributed by atoms with Gasteiger partial charge in [-0.1, -0.05) is 25.1 Å². The molecule has 0 saturated carbocycles. The number of carboxylic acid groups (broad SMARTS) is 1. The van der Waals surface area contributed by atoms with Crippen LogP contribution >= 0.6 is 0 Å². The Morgan fingerprint density at radius 1 is 1.47 bits per heavy atom. The third kappa shape index (κ3) is 6.51. The third-order valence-corrected chi connectivity index (χ3v) is 1.76. The van der Waals surface area contributed by atoms with E-state index in [0.29, 0.717) is 6.54 Å². The zero-order chi connectivity index (χ0) is 11.5. The van der Waals surface area contributed by atoms with Crippen LogP contribution < -0.4 is 10.5 Å². The fourth-order valence-corrected chi connectivity index (χ4v) is 0.990. The van der Waals surface area contributed by atoms with Gasteiger partial charge in [0.2, 0.25) is 0 Å². The standard InChI is InChI=1S/C10H15NO.CH2O2/c1-2-9(8-11)12-10-6-4-3-5-7-10;2-1-3/h3-7,9H,2,8,11H2,1H3;1H,(H,2,3). The fraction of sp³-hybridized carbons (Fsp3) is 0.364. The summed E-state index contributed by atoms with van der Waals surface area (Å²) in [6.45, 7) is 2.39. The quantitative estimate of drug-likeness (QED) is 0.740. The maximum Gasteiger partial charge on any atom is 0.290 e. The molecule has 0 aliphatic carbocycles. The van der Waals surface area contributed by atoms with Gasteiger partial charge in [0.25, 0.3) is 6.47 Å². The number of rotatable bonds is 4. The molecule has 1 unspecified atom stereocenters. The maximum atomic E-state index is 8.36. The molecule has 84 valence electrons. The minimum atomic E-state index is -0.250. The van der Waals surface area contributed by atoms with Gasteiger partial charge in [0, 0.05) is 6.54 Å². The summed E-state index contributed by atoms with van der Waals surface area (Å²) in [7, 11) is 0. The monoisotopic (exact) mass is 211 g/mol. The molecule has 0 spiro atoms. The zero-order valence-electron chi connectivity index (χ0n) is 8.80. The zero-order valence-corrected chi connectivity index (χ0v) is 8.80. The number of benzene rings is 1. The fourth-order valence-electron chi connectivity index (χ4n) is 0.990. The number of para-hydroxylation sites is 1. The first-order chi connectivity index (χ1) is 7.28. The molecule has 0 amide bonds. The molecular formula is C11H17NO3. The second-order valence-electron chi connectivity index (χ2n) is 2.80. The van der Waals surface area contributed by atoms with Crippen molar-refractivity contribution < 1.29 is 14.6 Å². The van der Waals surface area contributed by atoms with Crippen LogP contribution in [0, 0.1) is 0 Å². The number of hydrogen-bond donors (Lipinski definition) is 2. The van der Waals surface area contributed by atoms with Crippen molar-refractivity contribution in [2.75, 3.05) is 6.54 Å². The molecule has 4 heteroatoms. The SMILES string of the molecule is CCC(CN)Oc1ccccc1.O=CO. The van der Waals surface area contributed by atoms with Gasteiger partial charge in [0.1, 0.15) is 11.9 Å². The summed E-state index contributed by atoms with van der Waals surface area (Å²) in [5.41, 5.74) is 5.51. The van der Waals surface area contributed by atoms with Crippen LogP contribution in [-0.2, 0) is 4.79 Å². The smallest absolute Gasteiger partial charge is 0.290 e. The Hall–Kier alpha value is -1.55. The Morgan fingerprint density at radius 3 is 2.40 bits per heavy atom. The van der Waals surface area contributed by atoms with E-state index in [1.165, 1.54) is 0 Å². The van der Waals surface area contributed by atoms with Gasteiger partial charge < -0.3 is 15.6 Å². The summed E-state index contributed by atoms with van der Waals surface area (Å²) < 4.78 is 5.59. The normalized spacial score (nSPS) is 10.8. The number of carbonyl (C=O) groups is 1. The highest BCUT2D eigenvalue weighted by Gasteiger charge is 2.03. The summed E-state index contributed by atoms with van der Waals surface area (Å²) in [5.74, 6) is 0.898. The van der Waals surface area contributed by atoms with Crippen molar-refractivity contribution in [2.45, 2.75) is 19.4 Å². The van der Waals surface area contributed by atoms with Crippen molar-refractivity contribution in [3.05, 3.63) is 30.3 Å². The van der Waals surface area contributed by atoms with Crippen molar-refractivity contribution in [3.8, 4) is 5.75 Å². The highest BCUT2D eigenvalue weighted by atomic mass is 16.5. The molecule has 4 nitrogen and oxygen atoms in total. The van der Waals surface area contributed by atoms with Crippen molar-refractivity contribution >= 4 is 6.47 Å². The van der Waals surface area contributed by atoms with E-state index < -0.39 is 0 Å². The Kier molecular flexibility index (Phi) is 8.09. The van der Waals surface area contributed by atoms with Crippen LogP contribution in [0.5, 0.6) is 5.75 Å². The van der Waals surface area contributed by atoms with Crippen LogP contribution in [0.1, 0.15) is 13.3 Å². The summed E-state index contributed by atoms with van der Waals surface area (Å²) in [6.07, 6.45) is 1.10. The van der Waals surface area contributed by atoms with E-state index in [-0.39, 0.29) is 12.6 Å². The van der Waals surface area contributed by atoms with Crippen molar-refractivity contribution in [2.24, 2.45) is 5.73 Å². The number of hydrogen-bond acceptors (Lipinski definition) is 3. The first-order valence-electron chi connectivity index (χ1n) is 4.78. The lowest BCUT2D eigenvalue weighted by atomic mass is 10.3. The van der Waals surface area contributed by atoms with Gasteiger partial charge in [-0.15, -0.1) is 0 Å². The second-order valence-corrected chi connectivity index (χ2v) is 2.80. The minimum Gasteiger partial charge on any atom is -0.489 e. The molecule has 0 heterocycles. The van der Waals surface area contributed by atoms with Gasteiger partial charge in [-0.2, -0.15) is 0 Å². The molecule has 1 rings (SSSR count). The molecule has 1 atom stereocenters. The van der Waals surface area contributed by atoms with E-state index in [1.54, 1.807) is 0 Å². The molecule has 1 aromatic rings. The molecule has 0 bridgehead atoms. The highest BCUT2D eigenvalue weighted by Crippen LogP contribution is 2.11. The van der Waals surface area contributed by atoms with Gasteiger partial charge in [-0.25, -0.2) is 0 Å². The lowest BCUT2D eigenvalue weighted by Gasteiger charge is -2.14. The summed E-state index contributed by atoms with van der Waals surface area (Å²) in [4.78, 5) is 8.36. The Morgan fingerprint density at radius 2 is 2.00 bits per heavy atom. The van der Waals surface area contributed by atoms with E-state index in [2.05, 4.69) is 6.92 Å². The molecule has 0 fully saturated rings. The molecule has 0 aliphatic heterocycles. The lowest BCUT2D eigenvalue weighted by molar-refractivity contribution is -0.122. The molecule has 0 radical (unpaired) electrons. The highest BCUT2D eigenvalue weighted by molar-refractivity contribution is 5.32. The van der Waals surface area contributed by atoms with Crippen LogP contribution in [0.2, 0.25) is 0 Å². The van der Waals surface area contributed by atoms with Crippen molar-refractivity contribution in [1.82, 2.24) is 0 Å². The first-order valence-corrected chi connectivity index (χ1v) is 4.78. The average molecular weight is 211 g/mol. The van der Waals surface area contributed by atoms with Crippen LogP contribution in [0.15, 0.2) is 30.3 Å². The van der Waals surface area contributed by atoms with Crippen LogP contribution in [0.3, 0.4) is 0 Å². The van der Waals surface area contributed by atoms with Gasteiger partial charge >= 0.3 is 0 Å². The predicted molar refractivity (Wildman–Crippen MR) is 58.9 cm³/mol. The molecular weight excluding hydrogens is 194 g/mol. The van der Waals surface area contributed by atoms with Crippen molar-refractivity contribution in [3.63, 3.8) is 0 Å². The topological polar surface area (TPSA) is 72.5 Å². The molecule has 0 saturated heterocycles. The third-order valence-electron chi connectivity index (χ3n) is 1.76. The van der Waals surface area contributed by atoms with Gasteiger partial charge in [0.15, 0.2) is 0 Å². The van der Waals surface area contributed by atoms with Crippen LogP contribution in [0.4, 0.5) is 0 Å². The van der Waals surface area contributed by atoms with Gasteiger partial charge in [-0.3, -0.25) is 4.79 Å². The first kappa shape index (κ1) is 13.4. The summed E-state index contributed by atoms with van der Waals surface area (Å²) in [6, 6.07) is 9.77. The van der Waals surface area contributed by atoms with E-state index in [0.717, 1.165) is 12.2 Å². The molecule has 3 N–H and O–H groups in total. The number of nitrogens with two attached hydrogens (primary N) is 1. The minimum absolute atomic E-state index is 0.146. The van der Waals surface area contributed by atoms with E-state index >= 15 is 0 Å². The summed E-state index contributed by atoms with van der Waals surface area (Å²) >= 11 is 0. The molecule has 1 aromatic carbocycles. The van der Waals surface area contributed by atoms with E-state index in [9.17, 15) is 0 Å². The Bertz CT molecular complexity index is 247. The molecule has 15 heavy (non-hydrogen) atoms. The second kappa shape index (κ2) is 9.02. The van der Waals surface area contributed by atoms with E-state index in [4.69, 9.17) is 20.4 Å². The Balaban J connectivity index is 0.000000583. The lowest BCUT2D eigenvalue weighted by Crippen LogP contribution is -2.25. The van der Waals surface area contributed by atoms with Crippen LogP contribution in [-0.4, -0.2) is 24.2 Å². The average Bonchev–Trinajstić information content (AvgIpc) is 2.28. The maximum absolute atomic E-state index is 8.36. The van der Waals surface area contributed by atoms with E-state index in [1.807, 2.05) is 30.3 Å². The summed E-state index contributed by atoms with van der Waals surface area (Å²) in [5, 5.41) is 6.89. The van der Waals surface area contributed by atoms with Crippen molar-refractivity contribution in [1.29, 1.82) is 0 Å². The molecule has 0 aromatic heterocycles. The Labute approximate surface area is 89.7 Å². The largest absolute Gasteiger partial charge is 0.489 e. The van der Waals surface area contributed by atoms with Gasteiger partial charge in [-0.05, 0) is 18.6 Å². The molecule has 0 aliphatic rings. The van der Waals surface area contributed by atoms with Gasteiger partial charge in [0.05, 0.1) is 0 Å². The number of ether oxygens (including phenoxy) is 1. The van der Waals surface area contributed by atoms with Crippen LogP contribution in [0.25, 0.3) is 0 Å². The predicted octanol–water partition coefficient (Wildman–Crippen LogP) is 1.50.